The second-order valence-electron chi connectivity index (χ2n) is 6.94. The number of hydrogen-bond donors (Lipinski definition) is 0. The molecule has 0 bridgehead atoms. The maximum atomic E-state index is 3.99. The first-order valence-corrected chi connectivity index (χ1v) is 9.40. The third kappa shape index (κ3) is 3.28. The first-order chi connectivity index (χ1) is 12.9. The van der Waals surface area contributed by atoms with Gasteiger partial charge in [0.05, 0.1) is 0 Å². The van der Waals surface area contributed by atoms with Crippen LogP contribution < -0.4 is 0 Å². The zero-order chi connectivity index (χ0) is 17.8. The highest BCUT2D eigenvalue weighted by Gasteiger charge is 2.22. The summed E-state index contributed by atoms with van der Waals surface area (Å²) in [5.41, 5.74) is 5.72. The summed E-state index contributed by atoms with van der Waals surface area (Å²) in [6.07, 6.45) is 9.88. The Morgan fingerprint density at radius 2 is 1.54 bits per heavy atom. The van der Waals surface area contributed by atoms with Gasteiger partial charge in [0.15, 0.2) is 0 Å². The molecule has 0 radical (unpaired) electrons. The van der Waals surface area contributed by atoms with Gasteiger partial charge in [-0.1, -0.05) is 96.6 Å². The Morgan fingerprint density at radius 1 is 0.769 bits per heavy atom. The van der Waals surface area contributed by atoms with Crippen molar-refractivity contribution in [1.29, 1.82) is 0 Å². The van der Waals surface area contributed by atoms with E-state index in [1.807, 2.05) is 0 Å². The molecule has 0 aromatic heterocycles. The van der Waals surface area contributed by atoms with Crippen molar-refractivity contribution >= 4 is 16.3 Å². The fourth-order valence-corrected chi connectivity index (χ4v) is 4.05. The minimum Gasteiger partial charge on any atom is -0.103 e. The number of hydrogen-bond acceptors (Lipinski definition) is 0. The van der Waals surface area contributed by atoms with Gasteiger partial charge in [-0.25, -0.2) is 0 Å². The number of benzene rings is 3. The average Bonchev–Trinajstić information content (AvgIpc) is 3.10. The number of aryl methyl sites for hydroxylation is 1. The van der Waals surface area contributed by atoms with Gasteiger partial charge in [0.1, 0.15) is 0 Å². The smallest absolute Gasteiger partial charge is 0.00917 e. The zero-order valence-corrected chi connectivity index (χ0v) is 15.1. The number of fused-ring (bicyclic) bond motifs is 1. The van der Waals surface area contributed by atoms with Crippen molar-refractivity contribution in [3.63, 3.8) is 0 Å². The molecule has 0 heteroatoms. The van der Waals surface area contributed by atoms with E-state index in [-0.39, 0.29) is 0 Å². The van der Waals surface area contributed by atoms with Gasteiger partial charge in [0.2, 0.25) is 0 Å². The normalized spacial score (nSPS) is 16.4. The lowest BCUT2D eigenvalue weighted by Gasteiger charge is -2.19. The zero-order valence-electron chi connectivity index (χ0n) is 15.1. The molecule has 0 heterocycles. The van der Waals surface area contributed by atoms with E-state index in [4.69, 9.17) is 0 Å². The fourth-order valence-electron chi connectivity index (χ4n) is 4.05. The van der Waals surface area contributed by atoms with Crippen LogP contribution in [0.25, 0.3) is 16.3 Å². The fraction of sp³-hybridized carbons (Fsp3) is 0.154. The van der Waals surface area contributed by atoms with Crippen LogP contribution in [0.1, 0.15) is 24.0 Å². The van der Waals surface area contributed by atoms with Crippen molar-refractivity contribution in [3.8, 4) is 0 Å². The summed E-state index contributed by atoms with van der Waals surface area (Å²) in [6.45, 7) is 3.99. The van der Waals surface area contributed by atoms with Crippen LogP contribution in [0.2, 0.25) is 0 Å². The standard InChI is InChI=1S/C26H24/c1-2-9-25-23(18-19-26(25)21-10-4-3-5-11-21)17-16-22-14-8-13-20-12-6-7-15-24(20)22/h2-8,10-15,18-19,25H,1,9,16-17H2. The minimum absolute atomic E-state index is 0.463. The van der Waals surface area contributed by atoms with Crippen molar-refractivity contribution in [2.75, 3.05) is 0 Å². The van der Waals surface area contributed by atoms with Crippen molar-refractivity contribution in [3.05, 3.63) is 114 Å². The largest absolute Gasteiger partial charge is 0.103 e. The van der Waals surface area contributed by atoms with E-state index in [1.165, 1.54) is 33.0 Å². The van der Waals surface area contributed by atoms with Gasteiger partial charge >= 0.3 is 0 Å². The van der Waals surface area contributed by atoms with Crippen LogP contribution in [0.4, 0.5) is 0 Å². The predicted octanol–water partition coefficient (Wildman–Crippen LogP) is 6.99. The number of rotatable bonds is 6. The van der Waals surface area contributed by atoms with E-state index < -0.39 is 0 Å². The molecule has 0 spiro atoms. The van der Waals surface area contributed by atoms with E-state index in [2.05, 4.69) is 97.6 Å². The SMILES string of the molecule is C=CCC1C(CCc2cccc3ccccc23)=CC=C1c1ccccc1. The average molecular weight is 336 g/mol. The maximum absolute atomic E-state index is 3.99. The quantitative estimate of drug-likeness (QED) is 0.426. The predicted molar refractivity (Wildman–Crippen MR) is 113 cm³/mol. The molecule has 1 aliphatic carbocycles. The summed E-state index contributed by atoms with van der Waals surface area (Å²) < 4.78 is 0. The summed E-state index contributed by atoms with van der Waals surface area (Å²) in [5, 5.41) is 2.71. The van der Waals surface area contributed by atoms with Crippen LogP contribution in [0, 0.1) is 5.92 Å². The van der Waals surface area contributed by atoms with Crippen LogP contribution in [0.3, 0.4) is 0 Å². The van der Waals surface area contributed by atoms with E-state index >= 15 is 0 Å². The van der Waals surface area contributed by atoms with Crippen molar-refractivity contribution in [1.82, 2.24) is 0 Å². The summed E-state index contributed by atoms with van der Waals surface area (Å²) in [5.74, 6) is 0.463. The van der Waals surface area contributed by atoms with Gasteiger partial charge in [-0.3, -0.25) is 0 Å². The highest BCUT2D eigenvalue weighted by atomic mass is 14.3. The molecule has 0 fully saturated rings. The first-order valence-electron chi connectivity index (χ1n) is 9.40. The van der Waals surface area contributed by atoms with Gasteiger partial charge in [-0.15, -0.1) is 6.58 Å². The molecule has 1 unspecified atom stereocenters. The van der Waals surface area contributed by atoms with Gasteiger partial charge in [0, 0.05) is 5.92 Å². The summed E-state index contributed by atoms with van der Waals surface area (Å²) in [7, 11) is 0. The lowest BCUT2D eigenvalue weighted by atomic mass is 9.85. The molecule has 1 atom stereocenters. The highest BCUT2D eigenvalue weighted by molar-refractivity contribution is 5.85. The molecule has 26 heavy (non-hydrogen) atoms. The second-order valence-corrected chi connectivity index (χ2v) is 6.94. The lowest BCUT2D eigenvalue weighted by Crippen LogP contribution is -2.04. The monoisotopic (exact) mass is 336 g/mol. The van der Waals surface area contributed by atoms with E-state index in [9.17, 15) is 0 Å². The van der Waals surface area contributed by atoms with E-state index in [0.29, 0.717) is 5.92 Å². The molecule has 0 aliphatic heterocycles. The Hall–Kier alpha value is -2.86. The van der Waals surface area contributed by atoms with Crippen molar-refractivity contribution < 1.29 is 0 Å². The minimum atomic E-state index is 0.463. The van der Waals surface area contributed by atoms with Crippen LogP contribution in [0.5, 0.6) is 0 Å². The number of allylic oxidation sites excluding steroid dienone is 5. The molecular formula is C26H24. The molecule has 0 saturated carbocycles. The molecule has 3 aromatic carbocycles. The van der Waals surface area contributed by atoms with Crippen LogP contribution in [-0.4, -0.2) is 0 Å². The molecular weight excluding hydrogens is 312 g/mol. The van der Waals surface area contributed by atoms with Crippen LogP contribution in [0.15, 0.2) is 103 Å². The third-order valence-corrected chi connectivity index (χ3v) is 5.37. The van der Waals surface area contributed by atoms with Gasteiger partial charge in [-0.05, 0) is 46.7 Å². The van der Waals surface area contributed by atoms with Gasteiger partial charge in [0.25, 0.3) is 0 Å². The van der Waals surface area contributed by atoms with E-state index in [0.717, 1.165) is 19.3 Å². The Bertz CT molecular complexity index is 968. The molecule has 0 nitrogen and oxygen atoms in total. The molecule has 128 valence electrons. The highest BCUT2D eigenvalue weighted by Crippen LogP contribution is 2.39. The summed E-state index contributed by atoms with van der Waals surface area (Å²) in [4.78, 5) is 0. The molecule has 0 N–H and O–H groups in total. The van der Waals surface area contributed by atoms with Gasteiger partial charge < -0.3 is 0 Å². The van der Waals surface area contributed by atoms with E-state index in [1.54, 1.807) is 0 Å². The molecule has 0 amide bonds. The maximum Gasteiger partial charge on any atom is 0.00917 e. The Balaban J connectivity index is 1.54. The lowest BCUT2D eigenvalue weighted by molar-refractivity contribution is 0.746. The van der Waals surface area contributed by atoms with Crippen molar-refractivity contribution in [2.24, 2.45) is 5.92 Å². The van der Waals surface area contributed by atoms with Gasteiger partial charge in [-0.2, -0.15) is 0 Å². The molecule has 0 saturated heterocycles. The second kappa shape index (κ2) is 7.58. The molecule has 4 rings (SSSR count). The molecule has 1 aliphatic rings. The first kappa shape index (κ1) is 16.6. The molecule has 3 aromatic rings. The Morgan fingerprint density at radius 3 is 2.38 bits per heavy atom. The van der Waals surface area contributed by atoms with Crippen LogP contribution in [-0.2, 0) is 6.42 Å². The summed E-state index contributed by atoms with van der Waals surface area (Å²) >= 11 is 0. The van der Waals surface area contributed by atoms with Crippen molar-refractivity contribution in [2.45, 2.75) is 19.3 Å². The third-order valence-electron chi connectivity index (χ3n) is 5.37. The van der Waals surface area contributed by atoms with Crippen LogP contribution >= 0.6 is 0 Å². The topological polar surface area (TPSA) is 0 Å². The Kier molecular flexibility index (Phi) is 4.84. The summed E-state index contributed by atoms with van der Waals surface area (Å²) in [6, 6.07) is 26.1. The Labute approximate surface area is 156 Å².